The SMILES string of the molecule is C#CC(=O)N1CCNCC1C(=O)NC. The topological polar surface area (TPSA) is 61.4 Å². The van der Waals surface area contributed by atoms with Gasteiger partial charge in [0.25, 0.3) is 5.91 Å². The average molecular weight is 195 g/mol. The molecule has 1 heterocycles. The van der Waals surface area contributed by atoms with Crippen molar-refractivity contribution in [2.24, 2.45) is 0 Å². The molecule has 1 unspecified atom stereocenters. The summed E-state index contributed by atoms with van der Waals surface area (Å²) in [5.74, 6) is 1.40. The van der Waals surface area contributed by atoms with Gasteiger partial charge in [0.1, 0.15) is 6.04 Å². The van der Waals surface area contributed by atoms with E-state index in [0.717, 1.165) is 0 Å². The molecule has 0 aromatic heterocycles. The molecule has 1 fully saturated rings. The highest BCUT2D eigenvalue weighted by molar-refractivity contribution is 5.96. The molecule has 0 aromatic rings. The predicted octanol–water partition coefficient (Wildman–Crippen LogP) is -1.83. The van der Waals surface area contributed by atoms with Crippen molar-refractivity contribution in [1.29, 1.82) is 0 Å². The monoisotopic (exact) mass is 195 g/mol. The largest absolute Gasteiger partial charge is 0.357 e. The standard InChI is InChI=1S/C9H13N3O2/c1-3-8(13)12-5-4-11-6-7(12)9(14)10-2/h1,7,11H,4-6H2,2H3,(H,10,14). The first kappa shape index (κ1) is 10.5. The molecule has 0 aromatic carbocycles. The Bertz CT molecular complexity index is 282. The minimum atomic E-state index is -0.489. The number of rotatable bonds is 1. The van der Waals surface area contributed by atoms with Crippen LogP contribution in [-0.4, -0.2) is 49.4 Å². The normalized spacial score (nSPS) is 21.1. The zero-order chi connectivity index (χ0) is 10.6. The zero-order valence-electron chi connectivity index (χ0n) is 8.04. The first-order valence-corrected chi connectivity index (χ1v) is 4.40. The number of nitrogens with one attached hydrogen (secondary N) is 2. The molecule has 5 heteroatoms. The number of carbonyl (C=O) groups is 2. The summed E-state index contributed by atoms with van der Waals surface area (Å²) in [5, 5.41) is 5.54. The molecule has 0 spiro atoms. The molecule has 1 saturated heterocycles. The lowest BCUT2D eigenvalue weighted by Crippen LogP contribution is -2.58. The van der Waals surface area contributed by atoms with Gasteiger partial charge in [0.05, 0.1) is 0 Å². The van der Waals surface area contributed by atoms with Crippen molar-refractivity contribution < 1.29 is 9.59 Å². The van der Waals surface area contributed by atoms with Crippen molar-refractivity contribution >= 4 is 11.8 Å². The summed E-state index contributed by atoms with van der Waals surface area (Å²) in [7, 11) is 1.54. The number of nitrogens with zero attached hydrogens (tertiary/aromatic N) is 1. The second kappa shape index (κ2) is 4.63. The maximum absolute atomic E-state index is 11.4. The smallest absolute Gasteiger partial charge is 0.298 e. The highest BCUT2D eigenvalue weighted by atomic mass is 16.2. The summed E-state index contributed by atoms with van der Waals surface area (Å²) < 4.78 is 0. The Hall–Kier alpha value is -1.54. The highest BCUT2D eigenvalue weighted by Gasteiger charge is 2.30. The van der Waals surface area contributed by atoms with E-state index in [-0.39, 0.29) is 5.91 Å². The molecule has 14 heavy (non-hydrogen) atoms. The lowest BCUT2D eigenvalue weighted by atomic mass is 10.1. The number of likely N-dealkylation sites (N-methyl/N-ethyl adjacent to an activating group) is 1. The molecule has 5 nitrogen and oxygen atoms in total. The summed E-state index contributed by atoms with van der Waals surface area (Å²) in [6, 6.07) is -0.489. The van der Waals surface area contributed by atoms with E-state index in [2.05, 4.69) is 10.6 Å². The molecular formula is C9H13N3O2. The van der Waals surface area contributed by atoms with Gasteiger partial charge in [-0.1, -0.05) is 0 Å². The van der Waals surface area contributed by atoms with Gasteiger partial charge in [-0.05, 0) is 5.92 Å². The van der Waals surface area contributed by atoms with E-state index in [1.165, 1.54) is 11.9 Å². The molecular weight excluding hydrogens is 182 g/mol. The Morgan fingerprint density at radius 1 is 1.64 bits per heavy atom. The molecule has 0 bridgehead atoms. The fourth-order valence-electron chi connectivity index (χ4n) is 1.43. The van der Waals surface area contributed by atoms with Crippen molar-refractivity contribution in [3.05, 3.63) is 0 Å². The van der Waals surface area contributed by atoms with E-state index in [0.29, 0.717) is 19.6 Å². The van der Waals surface area contributed by atoms with Crippen LogP contribution in [0.25, 0.3) is 0 Å². The Morgan fingerprint density at radius 3 is 2.93 bits per heavy atom. The quantitative estimate of drug-likeness (QED) is 0.484. The van der Waals surface area contributed by atoms with Gasteiger partial charge in [-0.2, -0.15) is 0 Å². The lowest BCUT2D eigenvalue weighted by molar-refractivity contribution is -0.137. The second-order valence-electron chi connectivity index (χ2n) is 2.98. The first-order chi connectivity index (χ1) is 6.70. The van der Waals surface area contributed by atoms with Crippen LogP contribution in [0.4, 0.5) is 0 Å². The Balaban J connectivity index is 2.74. The molecule has 1 aliphatic rings. The van der Waals surface area contributed by atoms with Crippen LogP contribution in [0.15, 0.2) is 0 Å². The van der Waals surface area contributed by atoms with Crippen molar-refractivity contribution in [2.75, 3.05) is 26.7 Å². The molecule has 0 aliphatic carbocycles. The van der Waals surface area contributed by atoms with E-state index < -0.39 is 11.9 Å². The molecule has 0 radical (unpaired) electrons. The maximum atomic E-state index is 11.4. The number of carbonyl (C=O) groups excluding carboxylic acids is 2. The van der Waals surface area contributed by atoms with E-state index in [9.17, 15) is 9.59 Å². The number of hydrogen-bond donors (Lipinski definition) is 2. The fraction of sp³-hybridized carbons (Fsp3) is 0.556. The highest BCUT2D eigenvalue weighted by Crippen LogP contribution is 2.03. The van der Waals surface area contributed by atoms with Gasteiger partial charge in [-0.3, -0.25) is 9.59 Å². The second-order valence-corrected chi connectivity index (χ2v) is 2.98. The molecule has 0 saturated carbocycles. The zero-order valence-corrected chi connectivity index (χ0v) is 8.04. The van der Waals surface area contributed by atoms with Crippen LogP contribution >= 0.6 is 0 Å². The Kier molecular flexibility index (Phi) is 3.48. The van der Waals surface area contributed by atoms with Crippen LogP contribution < -0.4 is 10.6 Å². The molecule has 2 amide bonds. The van der Waals surface area contributed by atoms with Gasteiger partial charge in [-0.15, -0.1) is 6.42 Å². The molecule has 2 N–H and O–H groups in total. The molecule has 1 aliphatic heterocycles. The number of piperazine rings is 1. The summed E-state index contributed by atoms with van der Waals surface area (Å²) in [6.45, 7) is 1.59. The average Bonchev–Trinajstić information content (AvgIpc) is 2.27. The van der Waals surface area contributed by atoms with Crippen molar-refractivity contribution in [2.45, 2.75) is 6.04 Å². The summed E-state index contributed by atoms with van der Waals surface area (Å²) in [5.41, 5.74) is 0. The Morgan fingerprint density at radius 2 is 2.36 bits per heavy atom. The van der Waals surface area contributed by atoms with Crippen LogP contribution in [0.1, 0.15) is 0 Å². The van der Waals surface area contributed by atoms with E-state index in [1.54, 1.807) is 0 Å². The maximum Gasteiger partial charge on any atom is 0.298 e. The number of amides is 2. The molecule has 76 valence electrons. The van der Waals surface area contributed by atoms with Gasteiger partial charge in [0, 0.05) is 26.7 Å². The third-order valence-corrected chi connectivity index (χ3v) is 2.18. The van der Waals surface area contributed by atoms with Crippen molar-refractivity contribution in [3.8, 4) is 12.3 Å². The van der Waals surface area contributed by atoms with Gasteiger partial charge >= 0.3 is 0 Å². The predicted molar refractivity (Wildman–Crippen MR) is 51.3 cm³/mol. The summed E-state index contributed by atoms with van der Waals surface area (Å²) >= 11 is 0. The van der Waals surface area contributed by atoms with Gasteiger partial charge in [0.2, 0.25) is 5.91 Å². The number of terminal acetylenes is 1. The minimum absolute atomic E-state index is 0.194. The molecule has 1 atom stereocenters. The van der Waals surface area contributed by atoms with Crippen LogP contribution in [0, 0.1) is 12.3 Å². The van der Waals surface area contributed by atoms with Crippen molar-refractivity contribution in [3.63, 3.8) is 0 Å². The number of hydrogen-bond acceptors (Lipinski definition) is 3. The third kappa shape index (κ3) is 2.03. The van der Waals surface area contributed by atoms with E-state index in [4.69, 9.17) is 6.42 Å². The van der Waals surface area contributed by atoms with E-state index in [1.807, 2.05) is 5.92 Å². The van der Waals surface area contributed by atoms with Crippen LogP contribution in [0.2, 0.25) is 0 Å². The Labute approximate surface area is 82.8 Å². The van der Waals surface area contributed by atoms with Gasteiger partial charge < -0.3 is 15.5 Å². The third-order valence-electron chi connectivity index (χ3n) is 2.18. The summed E-state index contributed by atoms with van der Waals surface area (Å²) in [6.07, 6.45) is 5.01. The van der Waals surface area contributed by atoms with E-state index >= 15 is 0 Å². The van der Waals surface area contributed by atoms with Gasteiger partial charge in [0.15, 0.2) is 0 Å². The summed E-state index contributed by atoms with van der Waals surface area (Å²) in [4.78, 5) is 24.1. The first-order valence-electron chi connectivity index (χ1n) is 4.40. The minimum Gasteiger partial charge on any atom is -0.357 e. The van der Waals surface area contributed by atoms with Crippen molar-refractivity contribution in [1.82, 2.24) is 15.5 Å². The van der Waals surface area contributed by atoms with Crippen LogP contribution in [-0.2, 0) is 9.59 Å². The lowest BCUT2D eigenvalue weighted by Gasteiger charge is -2.33. The van der Waals surface area contributed by atoms with Gasteiger partial charge in [-0.25, -0.2) is 0 Å². The van der Waals surface area contributed by atoms with Crippen LogP contribution in [0.3, 0.4) is 0 Å². The molecule has 1 rings (SSSR count). The fourth-order valence-corrected chi connectivity index (χ4v) is 1.43. The van der Waals surface area contributed by atoms with Crippen LogP contribution in [0.5, 0.6) is 0 Å².